The molecule has 0 radical (unpaired) electrons. The van der Waals surface area contributed by atoms with Gasteiger partial charge in [0.05, 0.1) is 17.9 Å². The Morgan fingerprint density at radius 1 is 1.03 bits per heavy atom. The number of imidazole rings is 1. The predicted octanol–water partition coefficient (Wildman–Crippen LogP) is 3.76. The van der Waals surface area contributed by atoms with Crippen LogP contribution in [-0.2, 0) is 19.5 Å². The van der Waals surface area contributed by atoms with Crippen LogP contribution in [0.4, 0.5) is 0 Å². The first kappa shape index (κ1) is 22.4. The lowest BCUT2D eigenvalue weighted by atomic mass is 10.0. The summed E-state index contributed by atoms with van der Waals surface area (Å²) in [6, 6.07) is 16.0. The fourth-order valence-electron chi connectivity index (χ4n) is 4.11. The first-order chi connectivity index (χ1) is 16.0. The third-order valence-electron chi connectivity index (χ3n) is 5.87. The molecular weight excluding hydrogens is 416 g/mol. The molecule has 8 heteroatoms. The van der Waals surface area contributed by atoms with Gasteiger partial charge in [-0.1, -0.05) is 56.3 Å². The molecule has 0 saturated carbocycles. The highest BCUT2D eigenvalue weighted by Gasteiger charge is 2.19. The fourth-order valence-corrected chi connectivity index (χ4v) is 4.11. The fraction of sp³-hybridized carbons (Fsp3) is 0.320. The average Bonchev–Trinajstić information content (AvgIpc) is 3.45. The molecule has 0 fully saturated rings. The molecule has 2 heterocycles. The number of carbonyl (C=O) groups is 1. The van der Waals surface area contributed by atoms with Gasteiger partial charge in [0.15, 0.2) is 6.29 Å². The second-order valence-electron chi connectivity index (χ2n) is 8.46. The summed E-state index contributed by atoms with van der Waals surface area (Å²) in [6.07, 6.45) is 4.00. The number of aromatic nitrogens is 6. The third kappa shape index (κ3) is 4.55. The Morgan fingerprint density at radius 3 is 2.42 bits per heavy atom. The Labute approximate surface area is 192 Å². The minimum Gasteiger partial charge on any atom is -0.296 e. The van der Waals surface area contributed by atoms with Crippen molar-refractivity contribution in [2.75, 3.05) is 0 Å². The van der Waals surface area contributed by atoms with Crippen molar-refractivity contribution in [1.82, 2.24) is 29.3 Å². The van der Waals surface area contributed by atoms with E-state index in [2.05, 4.69) is 29.4 Å². The van der Waals surface area contributed by atoms with Gasteiger partial charge < -0.3 is 0 Å². The molecule has 4 rings (SSSR count). The van der Waals surface area contributed by atoms with Gasteiger partial charge >= 0.3 is 5.69 Å². The normalized spacial score (nSPS) is 11.3. The second kappa shape index (κ2) is 9.77. The standard InChI is InChI=1S/C25H28N6O2/c1-4-29-24(16-32)23(14-9-18(2)3)30(25(29)33)15-19-10-12-20(13-11-19)21-7-5-6-8-22(21)31-17-26-27-28-31/h5-8,10-13,16-18H,4,9,14-15H2,1-3H3. The number of hydrogen-bond donors (Lipinski definition) is 0. The topological polar surface area (TPSA) is 87.6 Å². The molecule has 33 heavy (non-hydrogen) atoms. The predicted molar refractivity (Wildman–Crippen MR) is 127 cm³/mol. The molecule has 0 unspecified atom stereocenters. The molecule has 8 nitrogen and oxygen atoms in total. The van der Waals surface area contributed by atoms with Crippen LogP contribution in [0.25, 0.3) is 16.8 Å². The van der Waals surface area contributed by atoms with Crippen molar-refractivity contribution in [3.63, 3.8) is 0 Å². The Morgan fingerprint density at radius 2 is 1.79 bits per heavy atom. The molecule has 0 aliphatic carbocycles. The smallest absolute Gasteiger partial charge is 0.296 e. The Kier molecular flexibility index (Phi) is 6.63. The summed E-state index contributed by atoms with van der Waals surface area (Å²) >= 11 is 0. The molecule has 0 N–H and O–H groups in total. The van der Waals surface area contributed by atoms with Crippen LogP contribution in [0.2, 0.25) is 0 Å². The van der Waals surface area contributed by atoms with Gasteiger partial charge in [0, 0.05) is 12.1 Å². The van der Waals surface area contributed by atoms with E-state index in [1.54, 1.807) is 20.1 Å². The van der Waals surface area contributed by atoms with E-state index in [0.29, 0.717) is 31.1 Å². The van der Waals surface area contributed by atoms with E-state index in [-0.39, 0.29) is 5.69 Å². The summed E-state index contributed by atoms with van der Waals surface area (Å²) in [5.41, 5.74) is 5.10. The van der Waals surface area contributed by atoms with Gasteiger partial charge in [0.2, 0.25) is 0 Å². The van der Waals surface area contributed by atoms with Gasteiger partial charge in [-0.3, -0.25) is 13.9 Å². The van der Waals surface area contributed by atoms with E-state index in [1.165, 1.54) is 0 Å². The Balaban J connectivity index is 1.67. The number of para-hydroxylation sites is 1. The molecule has 0 spiro atoms. The van der Waals surface area contributed by atoms with E-state index in [1.807, 2.05) is 55.5 Å². The molecule has 0 aliphatic rings. The summed E-state index contributed by atoms with van der Waals surface area (Å²) in [5.74, 6) is 0.484. The van der Waals surface area contributed by atoms with Crippen molar-refractivity contribution < 1.29 is 4.79 Å². The highest BCUT2D eigenvalue weighted by Crippen LogP contribution is 2.26. The first-order valence-electron chi connectivity index (χ1n) is 11.2. The maximum Gasteiger partial charge on any atom is 0.329 e. The average molecular weight is 445 g/mol. The van der Waals surface area contributed by atoms with Crippen LogP contribution in [0.3, 0.4) is 0 Å². The van der Waals surface area contributed by atoms with Gasteiger partial charge in [-0.05, 0) is 53.3 Å². The summed E-state index contributed by atoms with van der Waals surface area (Å²) < 4.78 is 4.96. The lowest BCUT2D eigenvalue weighted by Gasteiger charge is -2.12. The van der Waals surface area contributed by atoms with Crippen LogP contribution in [0, 0.1) is 5.92 Å². The highest BCUT2D eigenvalue weighted by molar-refractivity contribution is 5.74. The molecule has 0 bridgehead atoms. The van der Waals surface area contributed by atoms with E-state index < -0.39 is 0 Å². The monoisotopic (exact) mass is 444 g/mol. The van der Waals surface area contributed by atoms with Gasteiger partial charge in [0.1, 0.15) is 12.0 Å². The summed E-state index contributed by atoms with van der Waals surface area (Å²) in [7, 11) is 0. The van der Waals surface area contributed by atoms with Crippen molar-refractivity contribution in [3.05, 3.63) is 82.3 Å². The molecule has 2 aromatic heterocycles. The maximum atomic E-state index is 13.1. The minimum atomic E-state index is -0.133. The second-order valence-corrected chi connectivity index (χ2v) is 8.46. The molecule has 0 amide bonds. The van der Waals surface area contributed by atoms with Crippen LogP contribution in [0.1, 0.15) is 48.9 Å². The summed E-state index contributed by atoms with van der Waals surface area (Å²) in [6.45, 7) is 7.08. The van der Waals surface area contributed by atoms with Gasteiger partial charge in [-0.15, -0.1) is 5.10 Å². The number of benzene rings is 2. The Hall–Kier alpha value is -3.81. The first-order valence-corrected chi connectivity index (χ1v) is 11.2. The number of tetrazole rings is 1. The largest absolute Gasteiger partial charge is 0.329 e. The van der Waals surface area contributed by atoms with Crippen molar-refractivity contribution in [2.45, 2.75) is 46.7 Å². The molecular formula is C25H28N6O2. The molecule has 4 aromatic rings. The van der Waals surface area contributed by atoms with Crippen LogP contribution >= 0.6 is 0 Å². The van der Waals surface area contributed by atoms with Crippen molar-refractivity contribution >= 4 is 6.29 Å². The maximum absolute atomic E-state index is 13.1. The number of nitrogens with zero attached hydrogens (tertiary/aromatic N) is 6. The quantitative estimate of drug-likeness (QED) is 0.367. The Bertz CT molecular complexity index is 1280. The van der Waals surface area contributed by atoms with Crippen LogP contribution in [0.5, 0.6) is 0 Å². The van der Waals surface area contributed by atoms with Crippen molar-refractivity contribution in [2.24, 2.45) is 5.92 Å². The zero-order valence-corrected chi connectivity index (χ0v) is 19.2. The summed E-state index contributed by atoms with van der Waals surface area (Å²) in [4.78, 5) is 24.9. The number of aldehydes is 1. The van der Waals surface area contributed by atoms with Gasteiger partial charge in [-0.25, -0.2) is 4.79 Å². The van der Waals surface area contributed by atoms with E-state index in [4.69, 9.17) is 0 Å². The SMILES string of the molecule is CCn1c(C=O)c(CCC(C)C)n(Cc2ccc(-c3ccccc3-n3cnnn3)cc2)c1=O. The highest BCUT2D eigenvalue weighted by atomic mass is 16.2. The molecule has 0 aliphatic heterocycles. The molecule has 0 saturated heterocycles. The molecule has 170 valence electrons. The lowest BCUT2D eigenvalue weighted by Crippen LogP contribution is -2.25. The number of rotatable bonds is 9. The lowest BCUT2D eigenvalue weighted by molar-refractivity contribution is 0.111. The zero-order chi connectivity index (χ0) is 23.4. The van der Waals surface area contributed by atoms with E-state index in [9.17, 15) is 9.59 Å². The van der Waals surface area contributed by atoms with Crippen LogP contribution in [0.15, 0.2) is 59.7 Å². The van der Waals surface area contributed by atoms with Gasteiger partial charge in [0.25, 0.3) is 0 Å². The van der Waals surface area contributed by atoms with E-state index >= 15 is 0 Å². The van der Waals surface area contributed by atoms with Crippen LogP contribution in [-0.4, -0.2) is 35.6 Å². The van der Waals surface area contributed by atoms with Crippen molar-refractivity contribution in [1.29, 1.82) is 0 Å². The summed E-state index contributed by atoms with van der Waals surface area (Å²) in [5, 5.41) is 11.5. The minimum absolute atomic E-state index is 0.133. The molecule has 2 aromatic carbocycles. The molecule has 0 atom stereocenters. The van der Waals surface area contributed by atoms with Gasteiger partial charge in [-0.2, -0.15) is 4.68 Å². The van der Waals surface area contributed by atoms with Crippen LogP contribution < -0.4 is 5.69 Å². The van der Waals surface area contributed by atoms with E-state index in [0.717, 1.165) is 40.8 Å². The number of hydrogen-bond acceptors (Lipinski definition) is 5. The third-order valence-corrected chi connectivity index (χ3v) is 5.87. The van der Waals surface area contributed by atoms with Crippen molar-refractivity contribution in [3.8, 4) is 16.8 Å². The number of carbonyl (C=O) groups excluding carboxylic acids is 1. The zero-order valence-electron chi connectivity index (χ0n) is 19.2.